The minimum Gasteiger partial charge on any atom is -0.447 e. The van der Waals surface area contributed by atoms with E-state index in [1.165, 1.54) is 11.9 Å². The van der Waals surface area contributed by atoms with E-state index in [2.05, 4.69) is 15.7 Å². The molecular formula is C19H19ClN4O4. The Balaban J connectivity index is 1.46. The molecule has 0 saturated carbocycles. The maximum absolute atomic E-state index is 11.9. The van der Waals surface area contributed by atoms with Crippen molar-refractivity contribution in [2.45, 2.75) is 13.5 Å². The lowest BCUT2D eigenvalue weighted by molar-refractivity contribution is -0.132. The smallest absolute Gasteiger partial charge is 0.415 e. The zero-order chi connectivity index (χ0) is 19.9. The molecule has 0 unspecified atom stereocenters. The highest BCUT2D eigenvalue weighted by atomic mass is 35.5. The Labute approximate surface area is 166 Å². The van der Waals surface area contributed by atoms with E-state index in [1.54, 1.807) is 18.2 Å². The van der Waals surface area contributed by atoms with E-state index < -0.39 is 6.09 Å². The van der Waals surface area contributed by atoms with Crippen molar-refractivity contribution in [2.75, 3.05) is 18.5 Å². The van der Waals surface area contributed by atoms with E-state index in [0.29, 0.717) is 22.7 Å². The fourth-order valence-corrected chi connectivity index (χ4v) is 2.65. The third-order valence-electron chi connectivity index (χ3n) is 3.85. The molecule has 1 aromatic heterocycles. The van der Waals surface area contributed by atoms with Crippen LogP contribution in [0.4, 0.5) is 10.8 Å². The number of oxazole rings is 1. The number of aromatic nitrogens is 1. The quantitative estimate of drug-likeness (QED) is 0.586. The summed E-state index contributed by atoms with van der Waals surface area (Å²) in [7, 11) is 0. The van der Waals surface area contributed by atoms with Gasteiger partial charge in [0.25, 0.3) is 0 Å². The third kappa shape index (κ3) is 5.21. The second kappa shape index (κ2) is 9.20. The molecule has 0 bridgehead atoms. The van der Waals surface area contributed by atoms with Crippen molar-refractivity contribution in [3.8, 4) is 0 Å². The van der Waals surface area contributed by atoms with Crippen LogP contribution in [-0.2, 0) is 16.1 Å². The molecule has 8 nitrogen and oxygen atoms in total. The number of fused-ring (bicyclic) bond motifs is 1. The summed E-state index contributed by atoms with van der Waals surface area (Å²) in [6.07, 6.45) is -0.721. The number of amides is 2. The van der Waals surface area contributed by atoms with Gasteiger partial charge in [0.1, 0.15) is 12.1 Å². The zero-order valence-corrected chi connectivity index (χ0v) is 15.9. The lowest BCUT2D eigenvalue weighted by atomic mass is 10.2. The first-order chi connectivity index (χ1) is 13.5. The summed E-state index contributed by atoms with van der Waals surface area (Å²) in [6, 6.07) is 14.5. The Morgan fingerprint density at radius 2 is 1.93 bits per heavy atom. The number of benzene rings is 2. The number of carbonyl (C=O) groups excluding carboxylic acids is 2. The highest BCUT2D eigenvalue weighted by Crippen LogP contribution is 2.18. The Kier molecular flexibility index (Phi) is 6.46. The molecule has 9 heteroatoms. The van der Waals surface area contributed by atoms with Crippen molar-refractivity contribution < 1.29 is 18.7 Å². The highest BCUT2D eigenvalue weighted by molar-refractivity contribution is 6.31. The van der Waals surface area contributed by atoms with Crippen LogP contribution in [0.2, 0.25) is 5.02 Å². The van der Waals surface area contributed by atoms with Crippen LogP contribution in [0.1, 0.15) is 12.5 Å². The van der Waals surface area contributed by atoms with E-state index in [4.69, 9.17) is 20.8 Å². The number of halogens is 1. The predicted molar refractivity (Wildman–Crippen MR) is 105 cm³/mol. The maximum Gasteiger partial charge on any atom is 0.415 e. The molecule has 0 aliphatic carbocycles. The predicted octanol–water partition coefficient (Wildman–Crippen LogP) is 3.58. The second-order valence-electron chi connectivity index (χ2n) is 5.84. The number of rotatable bonds is 7. The average molecular weight is 403 g/mol. The van der Waals surface area contributed by atoms with Gasteiger partial charge in [-0.2, -0.15) is 4.98 Å². The molecule has 0 aliphatic heterocycles. The SMILES string of the molecule is CC(=O)N(CCOC(=O)Nc1nc2ccccc2o1)NCc1ccccc1Cl. The van der Waals surface area contributed by atoms with Crippen molar-refractivity contribution in [3.63, 3.8) is 0 Å². The van der Waals surface area contributed by atoms with Gasteiger partial charge in [-0.1, -0.05) is 41.9 Å². The molecule has 3 rings (SSSR count). The monoisotopic (exact) mass is 402 g/mol. The van der Waals surface area contributed by atoms with Gasteiger partial charge in [-0.3, -0.25) is 9.80 Å². The van der Waals surface area contributed by atoms with Gasteiger partial charge in [0.15, 0.2) is 5.58 Å². The number of hydrazine groups is 1. The third-order valence-corrected chi connectivity index (χ3v) is 4.22. The minimum atomic E-state index is -0.721. The van der Waals surface area contributed by atoms with Gasteiger partial charge in [0.05, 0.1) is 6.54 Å². The van der Waals surface area contributed by atoms with Gasteiger partial charge >= 0.3 is 12.1 Å². The first-order valence-corrected chi connectivity index (χ1v) is 8.95. The topological polar surface area (TPSA) is 96.7 Å². The molecule has 2 amide bonds. The van der Waals surface area contributed by atoms with Gasteiger partial charge in [-0.15, -0.1) is 0 Å². The van der Waals surface area contributed by atoms with E-state index in [9.17, 15) is 9.59 Å². The van der Waals surface area contributed by atoms with Crippen molar-refractivity contribution in [3.05, 3.63) is 59.1 Å². The Morgan fingerprint density at radius 3 is 2.68 bits per heavy atom. The Morgan fingerprint density at radius 1 is 1.18 bits per heavy atom. The van der Waals surface area contributed by atoms with E-state index in [-0.39, 0.29) is 25.1 Å². The van der Waals surface area contributed by atoms with Crippen LogP contribution in [0.5, 0.6) is 0 Å². The van der Waals surface area contributed by atoms with Crippen molar-refractivity contribution in [1.29, 1.82) is 0 Å². The van der Waals surface area contributed by atoms with Crippen LogP contribution in [0.3, 0.4) is 0 Å². The molecule has 0 spiro atoms. The van der Waals surface area contributed by atoms with Crippen LogP contribution in [0.25, 0.3) is 11.1 Å². The molecule has 28 heavy (non-hydrogen) atoms. The fourth-order valence-electron chi connectivity index (χ4n) is 2.45. The molecule has 2 N–H and O–H groups in total. The van der Waals surface area contributed by atoms with Gasteiger partial charge in [0, 0.05) is 18.5 Å². The summed E-state index contributed by atoms with van der Waals surface area (Å²) in [5.41, 5.74) is 5.01. The lowest BCUT2D eigenvalue weighted by Gasteiger charge is -2.22. The summed E-state index contributed by atoms with van der Waals surface area (Å²) in [5, 5.41) is 4.38. The number of nitrogens with zero attached hydrogens (tertiary/aromatic N) is 2. The van der Waals surface area contributed by atoms with Crippen LogP contribution in [0.15, 0.2) is 52.9 Å². The van der Waals surface area contributed by atoms with Crippen molar-refractivity contribution in [2.24, 2.45) is 0 Å². The first kappa shape index (κ1) is 19.7. The number of hydrogen-bond acceptors (Lipinski definition) is 6. The first-order valence-electron chi connectivity index (χ1n) is 8.57. The van der Waals surface area contributed by atoms with Crippen LogP contribution in [-0.4, -0.2) is 35.1 Å². The largest absolute Gasteiger partial charge is 0.447 e. The van der Waals surface area contributed by atoms with Gasteiger partial charge in [0.2, 0.25) is 5.91 Å². The molecule has 0 atom stereocenters. The number of anilines is 1. The van der Waals surface area contributed by atoms with E-state index >= 15 is 0 Å². The van der Waals surface area contributed by atoms with Crippen LogP contribution < -0.4 is 10.7 Å². The normalized spacial score (nSPS) is 10.6. The molecule has 0 saturated heterocycles. The average Bonchev–Trinajstić information content (AvgIpc) is 3.07. The summed E-state index contributed by atoms with van der Waals surface area (Å²) < 4.78 is 10.5. The molecule has 0 aliphatic rings. The molecule has 1 heterocycles. The van der Waals surface area contributed by atoms with Gasteiger partial charge < -0.3 is 9.15 Å². The standard InChI is InChI=1S/C19H19ClN4O4/c1-13(25)24(21-12-14-6-2-3-7-15(14)20)10-11-27-19(26)23-18-22-16-8-4-5-9-17(16)28-18/h2-9,21H,10-12H2,1H3,(H,22,23,26). The summed E-state index contributed by atoms with van der Waals surface area (Å²) >= 11 is 6.10. The van der Waals surface area contributed by atoms with Crippen LogP contribution >= 0.6 is 11.6 Å². The highest BCUT2D eigenvalue weighted by Gasteiger charge is 2.13. The second-order valence-corrected chi connectivity index (χ2v) is 6.25. The summed E-state index contributed by atoms with van der Waals surface area (Å²) in [5.74, 6) is -0.213. The lowest BCUT2D eigenvalue weighted by Crippen LogP contribution is -2.43. The minimum absolute atomic E-state index is 0.0127. The summed E-state index contributed by atoms with van der Waals surface area (Å²) in [6.45, 7) is 1.94. The summed E-state index contributed by atoms with van der Waals surface area (Å²) in [4.78, 5) is 27.8. The fraction of sp³-hybridized carbons (Fsp3) is 0.211. The number of para-hydroxylation sites is 2. The molecule has 146 valence electrons. The van der Waals surface area contributed by atoms with E-state index in [0.717, 1.165) is 5.56 Å². The van der Waals surface area contributed by atoms with Crippen molar-refractivity contribution in [1.82, 2.24) is 15.4 Å². The zero-order valence-electron chi connectivity index (χ0n) is 15.1. The molecular weight excluding hydrogens is 384 g/mol. The number of carbonyl (C=O) groups is 2. The Hall–Kier alpha value is -3.10. The van der Waals surface area contributed by atoms with Gasteiger partial charge in [-0.05, 0) is 23.8 Å². The molecule has 2 aromatic carbocycles. The number of nitrogens with one attached hydrogen (secondary N) is 2. The molecule has 0 radical (unpaired) electrons. The molecule has 3 aromatic rings. The molecule has 0 fully saturated rings. The maximum atomic E-state index is 11.9. The Bertz CT molecular complexity index is 942. The van der Waals surface area contributed by atoms with Gasteiger partial charge in [-0.25, -0.2) is 15.5 Å². The number of ether oxygens (including phenoxy) is 1. The van der Waals surface area contributed by atoms with Crippen LogP contribution in [0, 0.1) is 0 Å². The van der Waals surface area contributed by atoms with E-state index in [1.807, 2.05) is 30.3 Å². The van der Waals surface area contributed by atoms with Crippen molar-refractivity contribution >= 4 is 40.7 Å². The number of hydrogen-bond donors (Lipinski definition) is 2.